The van der Waals surface area contributed by atoms with E-state index in [1.807, 2.05) is 34.9 Å². The number of fused-ring (bicyclic) bond motifs is 2. The molecule has 1 N–H and O–H groups in total. The lowest BCUT2D eigenvalue weighted by Crippen LogP contribution is -2.25. The van der Waals surface area contributed by atoms with Gasteiger partial charge in [0.25, 0.3) is 5.91 Å². The van der Waals surface area contributed by atoms with Gasteiger partial charge in [0.1, 0.15) is 23.5 Å². The van der Waals surface area contributed by atoms with Gasteiger partial charge in [0, 0.05) is 42.4 Å². The van der Waals surface area contributed by atoms with Crippen molar-refractivity contribution in [3.63, 3.8) is 0 Å². The first-order valence-corrected chi connectivity index (χ1v) is 14.9. The van der Waals surface area contributed by atoms with Gasteiger partial charge >= 0.3 is 0 Å². The molecule has 6 aromatic rings. The Balaban J connectivity index is 1.62. The zero-order valence-corrected chi connectivity index (χ0v) is 24.1. The van der Waals surface area contributed by atoms with E-state index >= 15 is 0 Å². The summed E-state index contributed by atoms with van der Waals surface area (Å²) in [5.41, 5.74) is 5.34. The molecule has 43 heavy (non-hydrogen) atoms. The van der Waals surface area contributed by atoms with E-state index in [0.717, 1.165) is 21.8 Å². The highest BCUT2D eigenvalue weighted by molar-refractivity contribution is 7.92. The molecule has 0 fully saturated rings. The Bertz CT molecular complexity index is 2200. The Hall–Kier alpha value is -5.47. The molecule has 0 spiro atoms. The lowest BCUT2D eigenvalue weighted by atomic mass is 9.98. The molecule has 11 heteroatoms. The molecule has 0 atom stereocenters. The van der Waals surface area contributed by atoms with Crippen LogP contribution >= 0.6 is 0 Å². The van der Waals surface area contributed by atoms with Crippen LogP contribution in [-0.4, -0.2) is 44.2 Å². The largest absolute Gasteiger partial charge is 0.455 e. The molecule has 0 bridgehead atoms. The summed E-state index contributed by atoms with van der Waals surface area (Å²) in [5, 5.41) is 12.3. The zero-order chi connectivity index (χ0) is 30.5. The van der Waals surface area contributed by atoms with Crippen LogP contribution in [0.3, 0.4) is 0 Å². The van der Waals surface area contributed by atoms with Crippen molar-refractivity contribution >= 4 is 43.6 Å². The third-order valence-electron chi connectivity index (χ3n) is 7.34. The minimum atomic E-state index is -3.70. The van der Waals surface area contributed by atoms with Crippen LogP contribution < -0.4 is 9.62 Å². The second kappa shape index (κ2) is 10.4. The maximum absolute atomic E-state index is 13.7. The van der Waals surface area contributed by atoms with E-state index < -0.39 is 21.7 Å². The molecule has 0 saturated heterocycles. The Morgan fingerprint density at radius 2 is 1.72 bits per heavy atom. The van der Waals surface area contributed by atoms with Crippen LogP contribution in [0.5, 0.6) is 0 Å². The quantitative estimate of drug-likeness (QED) is 0.258. The molecule has 0 radical (unpaired) electrons. The van der Waals surface area contributed by atoms with Gasteiger partial charge in [-0.25, -0.2) is 17.8 Å². The van der Waals surface area contributed by atoms with Crippen molar-refractivity contribution in [3.05, 3.63) is 102 Å². The molecule has 6 rings (SSSR count). The molecular formula is C32H24FN5O4S. The van der Waals surface area contributed by atoms with Gasteiger partial charge < -0.3 is 9.73 Å². The Morgan fingerprint density at radius 3 is 2.37 bits per heavy atom. The number of hydrogen-bond donors (Lipinski definition) is 1. The summed E-state index contributed by atoms with van der Waals surface area (Å²) in [5.74, 6) is -0.618. The smallest absolute Gasteiger partial charge is 0.255 e. The number of amides is 1. The van der Waals surface area contributed by atoms with Crippen molar-refractivity contribution in [1.29, 1.82) is 5.26 Å². The van der Waals surface area contributed by atoms with Gasteiger partial charge in [-0.2, -0.15) is 5.26 Å². The van der Waals surface area contributed by atoms with Gasteiger partial charge in [-0.1, -0.05) is 6.07 Å². The molecule has 0 aliphatic carbocycles. The highest BCUT2D eigenvalue weighted by Gasteiger charge is 2.26. The fraction of sp³-hybridized carbons (Fsp3) is 0.0938. The van der Waals surface area contributed by atoms with Crippen molar-refractivity contribution < 1.29 is 22.0 Å². The van der Waals surface area contributed by atoms with Gasteiger partial charge in [0.2, 0.25) is 10.0 Å². The Labute approximate surface area is 246 Å². The van der Waals surface area contributed by atoms with Gasteiger partial charge in [0.05, 0.1) is 40.2 Å². The molecule has 2 heterocycles. The lowest BCUT2D eigenvalue weighted by molar-refractivity contribution is 0.0964. The number of nitrogens with zero attached hydrogens (tertiary/aromatic N) is 4. The molecule has 214 valence electrons. The number of sulfonamides is 1. The molecule has 4 aromatic carbocycles. The predicted octanol–water partition coefficient (Wildman–Crippen LogP) is 5.87. The average Bonchev–Trinajstić information content (AvgIpc) is 3.60. The topological polar surface area (TPSA) is 121 Å². The van der Waals surface area contributed by atoms with Crippen LogP contribution in [0.25, 0.3) is 50.1 Å². The third-order valence-corrected chi connectivity index (χ3v) is 8.53. The van der Waals surface area contributed by atoms with Crippen LogP contribution in [0.2, 0.25) is 0 Å². The number of imidazole rings is 1. The monoisotopic (exact) mass is 593 g/mol. The number of halogens is 1. The SMILES string of the molecule is CNC(=O)c1c(-c2ccc(F)cc2)oc2cc(N(C)S(C)(=O)=O)c(-c3ccc4ncn(-c5ccc(C#N)cc5)c4c3)cc12. The van der Waals surface area contributed by atoms with Gasteiger partial charge in [-0.3, -0.25) is 13.7 Å². The first-order chi connectivity index (χ1) is 20.6. The molecule has 1 amide bonds. The van der Waals surface area contributed by atoms with Gasteiger partial charge in [-0.05, 0) is 72.3 Å². The van der Waals surface area contributed by atoms with E-state index in [0.29, 0.717) is 38.8 Å². The van der Waals surface area contributed by atoms with Crippen molar-refractivity contribution in [2.75, 3.05) is 24.7 Å². The number of hydrogen-bond acceptors (Lipinski definition) is 6. The van der Waals surface area contributed by atoms with E-state index in [-0.39, 0.29) is 16.9 Å². The van der Waals surface area contributed by atoms with Crippen LogP contribution in [-0.2, 0) is 10.0 Å². The Kier molecular flexibility index (Phi) is 6.71. The van der Waals surface area contributed by atoms with Gasteiger partial charge in [0.15, 0.2) is 0 Å². The molecule has 9 nitrogen and oxygen atoms in total. The molecule has 0 saturated carbocycles. The van der Waals surface area contributed by atoms with E-state index in [4.69, 9.17) is 4.42 Å². The third kappa shape index (κ3) is 4.87. The first kappa shape index (κ1) is 27.7. The van der Waals surface area contributed by atoms with Crippen LogP contribution in [0, 0.1) is 17.1 Å². The fourth-order valence-electron chi connectivity index (χ4n) is 5.04. The number of benzene rings is 4. The molecule has 0 unspecified atom stereocenters. The minimum absolute atomic E-state index is 0.230. The highest BCUT2D eigenvalue weighted by atomic mass is 32.2. The second-order valence-corrected chi connectivity index (χ2v) is 12.0. The van der Waals surface area contributed by atoms with Crippen molar-refractivity contribution in [1.82, 2.24) is 14.9 Å². The molecule has 0 aliphatic rings. The summed E-state index contributed by atoms with van der Waals surface area (Å²) in [6, 6.07) is 23.6. The fourth-order valence-corrected chi connectivity index (χ4v) is 5.54. The van der Waals surface area contributed by atoms with Crippen LogP contribution in [0.1, 0.15) is 15.9 Å². The normalized spacial score (nSPS) is 11.5. The van der Waals surface area contributed by atoms with Crippen LogP contribution in [0.15, 0.2) is 89.6 Å². The standard InChI is InChI=1S/C32H24FN5O4S/c1-35-32(39)30-25-15-24(21-8-13-26-28(14-21)38(18-36-26)23-11-4-19(17-34)5-12-23)27(37(2)43(3,40)41)16-29(25)42-31(30)20-6-9-22(33)10-7-20/h4-16,18H,1-3H3,(H,35,39). The predicted molar refractivity (Wildman–Crippen MR) is 163 cm³/mol. The summed E-state index contributed by atoms with van der Waals surface area (Å²) in [7, 11) is -0.751. The molecule has 2 aromatic heterocycles. The van der Waals surface area contributed by atoms with Gasteiger partial charge in [-0.15, -0.1) is 0 Å². The van der Waals surface area contributed by atoms with E-state index in [1.54, 1.807) is 30.6 Å². The summed E-state index contributed by atoms with van der Waals surface area (Å²) >= 11 is 0. The highest BCUT2D eigenvalue weighted by Crippen LogP contribution is 2.42. The van der Waals surface area contributed by atoms with Crippen LogP contribution in [0.4, 0.5) is 10.1 Å². The summed E-state index contributed by atoms with van der Waals surface area (Å²) < 4.78 is 48.4. The summed E-state index contributed by atoms with van der Waals surface area (Å²) in [6.45, 7) is 0. The Morgan fingerprint density at radius 1 is 1.02 bits per heavy atom. The number of carbonyl (C=O) groups excluding carboxylic acids is 1. The van der Waals surface area contributed by atoms with Crippen molar-refractivity contribution in [3.8, 4) is 34.2 Å². The number of furan rings is 1. The van der Waals surface area contributed by atoms with Crippen molar-refractivity contribution in [2.24, 2.45) is 0 Å². The zero-order valence-electron chi connectivity index (χ0n) is 23.3. The number of carbonyl (C=O) groups is 1. The lowest BCUT2D eigenvalue weighted by Gasteiger charge is -2.21. The maximum atomic E-state index is 13.7. The van der Waals surface area contributed by atoms with Crippen molar-refractivity contribution in [2.45, 2.75) is 0 Å². The maximum Gasteiger partial charge on any atom is 0.255 e. The average molecular weight is 594 g/mol. The minimum Gasteiger partial charge on any atom is -0.455 e. The van der Waals surface area contributed by atoms with E-state index in [1.165, 1.54) is 38.4 Å². The summed E-state index contributed by atoms with van der Waals surface area (Å²) in [6.07, 6.45) is 2.78. The number of rotatable bonds is 6. The summed E-state index contributed by atoms with van der Waals surface area (Å²) in [4.78, 5) is 17.7. The number of aromatic nitrogens is 2. The second-order valence-electron chi connectivity index (χ2n) is 9.96. The number of nitriles is 1. The molecule has 0 aliphatic heterocycles. The number of nitrogens with one attached hydrogen (secondary N) is 1. The first-order valence-electron chi connectivity index (χ1n) is 13.1. The van der Waals surface area contributed by atoms with E-state index in [9.17, 15) is 22.9 Å². The number of anilines is 1. The molecular weight excluding hydrogens is 569 g/mol. The van der Waals surface area contributed by atoms with E-state index in [2.05, 4.69) is 16.4 Å².